The Kier molecular flexibility index (Phi) is 2.90. The largest absolute Gasteiger partial charge is 0.378 e. The van der Waals surface area contributed by atoms with Gasteiger partial charge in [-0.1, -0.05) is 12.2 Å². The van der Waals surface area contributed by atoms with Crippen LogP contribution in [0.1, 0.15) is 13.3 Å². The molecule has 2 nitrogen and oxygen atoms in total. The van der Waals surface area contributed by atoms with E-state index in [-0.39, 0.29) is 0 Å². The lowest BCUT2D eigenvalue weighted by Gasteiger charge is -2.07. The van der Waals surface area contributed by atoms with Gasteiger partial charge in [0.05, 0.1) is 6.10 Å². The van der Waals surface area contributed by atoms with E-state index in [2.05, 4.69) is 13.0 Å². The van der Waals surface area contributed by atoms with E-state index in [0.717, 1.165) is 13.0 Å². The first-order valence-corrected chi connectivity index (χ1v) is 3.83. The Labute approximate surface area is 62.1 Å². The predicted molar refractivity (Wildman–Crippen MR) is 41.7 cm³/mol. The number of rotatable bonds is 2. The topological polar surface area (TPSA) is 35.2 Å². The summed E-state index contributed by atoms with van der Waals surface area (Å²) in [5, 5.41) is 0. The zero-order valence-corrected chi connectivity index (χ0v) is 6.42. The van der Waals surface area contributed by atoms with Gasteiger partial charge in [-0.15, -0.1) is 0 Å². The van der Waals surface area contributed by atoms with Crippen molar-refractivity contribution in [2.75, 3.05) is 13.2 Å². The first kappa shape index (κ1) is 7.76. The second-order valence-electron chi connectivity index (χ2n) is 2.69. The molecule has 1 saturated heterocycles. The normalized spacial score (nSPS) is 33.8. The van der Waals surface area contributed by atoms with E-state index in [1.807, 2.05) is 6.08 Å². The van der Waals surface area contributed by atoms with Crippen molar-refractivity contribution in [3.05, 3.63) is 12.2 Å². The van der Waals surface area contributed by atoms with E-state index in [4.69, 9.17) is 10.5 Å². The van der Waals surface area contributed by atoms with Gasteiger partial charge >= 0.3 is 0 Å². The molecule has 0 spiro atoms. The lowest BCUT2D eigenvalue weighted by molar-refractivity contribution is 0.114. The highest BCUT2D eigenvalue weighted by Crippen LogP contribution is 2.20. The van der Waals surface area contributed by atoms with Crippen LogP contribution in [0.3, 0.4) is 0 Å². The minimum Gasteiger partial charge on any atom is -0.378 e. The zero-order valence-electron chi connectivity index (χ0n) is 6.42. The van der Waals surface area contributed by atoms with Crippen molar-refractivity contribution in [3.63, 3.8) is 0 Å². The monoisotopic (exact) mass is 141 g/mol. The molecule has 1 aliphatic rings. The van der Waals surface area contributed by atoms with E-state index in [1.165, 1.54) is 0 Å². The Hall–Kier alpha value is -0.340. The molecule has 0 aromatic rings. The standard InChI is InChI=1S/C8H15NO/c1-7-8(3-2-5-9)4-6-10-7/h2-3,7-8H,4-6,9H2,1H3/b3-2+. The fourth-order valence-corrected chi connectivity index (χ4v) is 1.25. The van der Waals surface area contributed by atoms with Crippen molar-refractivity contribution in [1.29, 1.82) is 0 Å². The summed E-state index contributed by atoms with van der Waals surface area (Å²) in [5.41, 5.74) is 5.32. The maximum atomic E-state index is 5.37. The molecule has 0 amide bonds. The highest BCUT2D eigenvalue weighted by molar-refractivity contribution is 4.93. The van der Waals surface area contributed by atoms with Crippen LogP contribution in [0.25, 0.3) is 0 Å². The van der Waals surface area contributed by atoms with E-state index in [0.29, 0.717) is 18.6 Å². The van der Waals surface area contributed by atoms with Crippen molar-refractivity contribution < 1.29 is 4.74 Å². The number of hydrogen-bond acceptors (Lipinski definition) is 2. The summed E-state index contributed by atoms with van der Waals surface area (Å²) in [6, 6.07) is 0. The summed E-state index contributed by atoms with van der Waals surface area (Å²) in [6.07, 6.45) is 5.72. The molecular formula is C8H15NO. The highest BCUT2D eigenvalue weighted by atomic mass is 16.5. The summed E-state index contributed by atoms with van der Waals surface area (Å²) in [5.74, 6) is 0.601. The van der Waals surface area contributed by atoms with Crippen LogP contribution >= 0.6 is 0 Å². The third kappa shape index (κ3) is 1.82. The highest BCUT2D eigenvalue weighted by Gasteiger charge is 2.20. The van der Waals surface area contributed by atoms with Crippen LogP contribution < -0.4 is 5.73 Å². The second kappa shape index (κ2) is 3.74. The van der Waals surface area contributed by atoms with Gasteiger partial charge in [0.2, 0.25) is 0 Å². The average Bonchev–Trinajstić information content (AvgIpc) is 2.31. The molecule has 2 atom stereocenters. The minimum absolute atomic E-state index is 0.391. The molecule has 0 bridgehead atoms. The van der Waals surface area contributed by atoms with Gasteiger partial charge < -0.3 is 10.5 Å². The van der Waals surface area contributed by atoms with Crippen LogP contribution in [0.4, 0.5) is 0 Å². The van der Waals surface area contributed by atoms with E-state index in [9.17, 15) is 0 Å². The quantitative estimate of drug-likeness (QED) is 0.580. The molecule has 1 aliphatic heterocycles. The van der Waals surface area contributed by atoms with Gasteiger partial charge in [0.1, 0.15) is 0 Å². The van der Waals surface area contributed by atoms with Gasteiger partial charge in [0.25, 0.3) is 0 Å². The molecule has 2 heteroatoms. The molecule has 58 valence electrons. The Morgan fingerprint density at radius 2 is 2.50 bits per heavy atom. The Bertz CT molecular complexity index is 122. The van der Waals surface area contributed by atoms with Crippen LogP contribution in [-0.2, 0) is 4.74 Å². The summed E-state index contributed by atoms with van der Waals surface area (Å²) in [6.45, 7) is 3.66. The minimum atomic E-state index is 0.391. The van der Waals surface area contributed by atoms with Crippen LogP contribution in [0, 0.1) is 5.92 Å². The molecule has 2 unspecified atom stereocenters. The van der Waals surface area contributed by atoms with Crippen LogP contribution in [-0.4, -0.2) is 19.3 Å². The third-order valence-corrected chi connectivity index (χ3v) is 1.95. The molecule has 1 rings (SSSR count). The van der Waals surface area contributed by atoms with Gasteiger partial charge in [-0.2, -0.15) is 0 Å². The van der Waals surface area contributed by atoms with Crippen LogP contribution in [0.2, 0.25) is 0 Å². The first-order chi connectivity index (χ1) is 4.84. The average molecular weight is 141 g/mol. The third-order valence-electron chi connectivity index (χ3n) is 1.95. The second-order valence-corrected chi connectivity index (χ2v) is 2.69. The van der Waals surface area contributed by atoms with Gasteiger partial charge in [-0.3, -0.25) is 0 Å². The zero-order chi connectivity index (χ0) is 7.40. The SMILES string of the molecule is CC1OCCC1/C=C/CN. The summed E-state index contributed by atoms with van der Waals surface area (Å²) in [7, 11) is 0. The molecule has 10 heavy (non-hydrogen) atoms. The van der Waals surface area contributed by atoms with Gasteiger partial charge in [-0.25, -0.2) is 0 Å². The fourth-order valence-electron chi connectivity index (χ4n) is 1.25. The van der Waals surface area contributed by atoms with E-state index >= 15 is 0 Å². The number of hydrogen-bond donors (Lipinski definition) is 1. The lowest BCUT2D eigenvalue weighted by Crippen LogP contribution is -2.08. The van der Waals surface area contributed by atoms with Crippen molar-refractivity contribution in [2.24, 2.45) is 11.7 Å². The lowest BCUT2D eigenvalue weighted by atomic mass is 10.0. The van der Waals surface area contributed by atoms with Gasteiger partial charge in [0, 0.05) is 19.1 Å². The fraction of sp³-hybridized carbons (Fsp3) is 0.750. The maximum absolute atomic E-state index is 5.37. The molecular weight excluding hydrogens is 126 g/mol. The van der Waals surface area contributed by atoms with Crippen LogP contribution in [0.5, 0.6) is 0 Å². The number of ether oxygens (including phenoxy) is 1. The van der Waals surface area contributed by atoms with Crippen LogP contribution in [0.15, 0.2) is 12.2 Å². The van der Waals surface area contributed by atoms with Crippen molar-refractivity contribution >= 4 is 0 Å². The summed E-state index contributed by atoms with van der Waals surface area (Å²) < 4.78 is 5.37. The Morgan fingerprint density at radius 1 is 1.70 bits per heavy atom. The number of nitrogens with two attached hydrogens (primary N) is 1. The van der Waals surface area contributed by atoms with Gasteiger partial charge in [0.15, 0.2) is 0 Å². The summed E-state index contributed by atoms with van der Waals surface area (Å²) in [4.78, 5) is 0. The molecule has 0 aromatic heterocycles. The Balaban J connectivity index is 2.33. The Morgan fingerprint density at radius 3 is 3.00 bits per heavy atom. The summed E-state index contributed by atoms with van der Waals surface area (Å²) >= 11 is 0. The molecule has 0 aromatic carbocycles. The van der Waals surface area contributed by atoms with Crippen molar-refractivity contribution in [1.82, 2.24) is 0 Å². The molecule has 1 heterocycles. The maximum Gasteiger partial charge on any atom is 0.0610 e. The molecule has 0 aliphatic carbocycles. The van der Waals surface area contributed by atoms with Crippen molar-refractivity contribution in [3.8, 4) is 0 Å². The van der Waals surface area contributed by atoms with E-state index < -0.39 is 0 Å². The van der Waals surface area contributed by atoms with E-state index in [1.54, 1.807) is 0 Å². The molecule has 1 fully saturated rings. The van der Waals surface area contributed by atoms with Gasteiger partial charge in [-0.05, 0) is 13.3 Å². The first-order valence-electron chi connectivity index (χ1n) is 3.83. The smallest absolute Gasteiger partial charge is 0.0610 e. The van der Waals surface area contributed by atoms with Crippen molar-refractivity contribution in [2.45, 2.75) is 19.4 Å². The predicted octanol–water partition coefficient (Wildman–Crippen LogP) is 0.926. The molecule has 0 saturated carbocycles. The molecule has 2 N–H and O–H groups in total. The molecule has 0 radical (unpaired) electrons.